The summed E-state index contributed by atoms with van der Waals surface area (Å²) >= 11 is 0. The minimum absolute atomic E-state index is 0.244. The largest absolute Gasteiger partial charge is 0.370 e. The number of hydrogen-bond donors (Lipinski definition) is 3. The molecule has 3 rings (SSSR count). The molecule has 0 saturated heterocycles. The molecular weight excluding hydrogens is 354 g/mol. The Morgan fingerprint density at radius 1 is 1.04 bits per heavy atom. The van der Waals surface area contributed by atoms with Crippen LogP contribution in [0.2, 0.25) is 0 Å². The number of pyridine rings is 1. The maximum Gasteiger partial charge on any atom is 0.327 e. The maximum atomic E-state index is 12.3. The fraction of sp³-hybridized carbons (Fsp3) is 0.300. The number of aryl methyl sites for hydroxylation is 1. The van der Waals surface area contributed by atoms with Gasteiger partial charge in [0.2, 0.25) is 5.95 Å². The Kier molecular flexibility index (Phi) is 6.33. The number of benzene rings is 1. The van der Waals surface area contributed by atoms with Crippen LogP contribution in [0.1, 0.15) is 12.1 Å². The molecule has 28 heavy (non-hydrogen) atoms. The van der Waals surface area contributed by atoms with Gasteiger partial charge in [-0.05, 0) is 45.4 Å². The van der Waals surface area contributed by atoms with Crippen molar-refractivity contribution >= 4 is 34.4 Å². The van der Waals surface area contributed by atoms with E-state index < -0.39 is 6.03 Å². The van der Waals surface area contributed by atoms with Gasteiger partial charge in [0.15, 0.2) is 0 Å². The van der Waals surface area contributed by atoms with Gasteiger partial charge in [-0.25, -0.2) is 14.8 Å². The lowest BCUT2D eigenvalue weighted by molar-refractivity contribution is 0.262. The van der Waals surface area contributed by atoms with Gasteiger partial charge >= 0.3 is 6.03 Å². The first kappa shape index (κ1) is 19.5. The van der Waals surface area contributed by atoms with Crippen LogP contribution in [0.25, 0.3) is 10.8 Å². The number of carbonyl (C=O) groups excluding carboxylic acids is 1. The van der Waals surface area contributed by atoms with Crippen molar-refractivity contribution in [3.63, 3.8) is 0 Å². The molecule has 0 bridgehead atoms. The number of urea groups is 1. The summed E-state index contributed by atoms with van der Waals surface area (Å²) in [4.78, 5) is 27.3. The van der Waals surface area contributed by atoms with E-state index in [1.54, 1.807) is 6.20 Å². The van der Waals surface area contributed by atoms with Crippen LogP contribution in [0.4, 0.5) is 22.4 Å². The highest BCUT2D eigenvalue weighted by Crippen LogP contribution is 2.16. The van der Waals surface area contributed by atoms with Crippen LogP contribution >= 0.6 is 0 Å². The number of carbonyl (C=O) groups is 1. The number of hydrogen-bond acceptors (Lipinski definition) is 6. The molecule has 0 aliphatic carbocycles. The number of aromatic nitrogens is 3. The van der Waals surface area contributed by atoms with E-state index >= 15 is 0 Å². The average molecular weight is 379 g/mol. The lowest BCUT2D eigenvalue weighted by Crippen LogP contribution is -2.22. The minimum atomic E-state index is -0.438. The summed E-state index contributed by atoms with van der Waals surface area (Å²) in [5.74, 6) is 1.39. The fourth-order valence-electron chi connectivity index (χ4n) is 2.73. The highest BCUT2D eigenvalue weighted by Gasteiger charge is 2.08. The van der Waals surface area contributed by atoms with Gasteiger partial charge in [-0.15, -0.1) is 0 Å². The molecule has 0 radical (unpaired) electrons. The second-order valence-corrected chi connectivity index (χ2v) is 6.80. The maximum absolute atomic E-state index is 12.3. The molecule has 0 aliphatic rings. The molecule has 0 atom stereocenters. The number of nitrogens with zero attached hydrogens (tertiary/aromatic N) is 4. The van der Waals surface area contributed by atoms with Gasteiger partial charge < -0.3 is 10.2 Å². The third-order valence-electron chi connectivity index (χ3n) is 4.04. The van der Waals surface area contributed by atoms with Crippen molar-refractivity contribution in [2.24, 2.45) is 0 Å². The molecule has 0 saturated carbocycles. The van der Waals surface area contributed by atoms with Gasteiger partial charge in [0.25, 0.3) is 0 Å². The molecule has 0 aliphatic heterocycles. The van der Waals surface area contributed by atoms with Gasteiger partial charge in [-0.1, -0.05) is 24.3 Å². The predicted octanol–water partition coefficient (Wildman–Crippen LogP) is 3.34. The first-order valence-electron chi connectivity index (χ1n) is 9.17. The number of fused-ring (bicyclic) bond motifs is 1. The van der Waals surface area contributed by atoms with E-state index in [1.165, 1.54) is 0 Å². The summed E-state index contributed by atoms with van der Waals surface area (Å²) in [6.07, 6.45) is 2.72. The lowest BCUT2D eigenvalue weighted by atomic mass is 10.2. The van der Waals surface area contributed by atoms with Crippen LogP contribution in [0.5, 0.6) is 0 Å². The molecule has 146 valence electrons. The van der Waals surface area contributed by atoms with E-state index in [1.807, 2.05) is 57.4 Å². The monoisotopic (exact) mass is 379 g/mol. The summed E-state index contributed by atoms with van der Waals surface area (Å²) in [5, 5.41) is 10.7. The Morgan fingerprint density at radius 2 is 1.82 bits per heavy atom. The molecule has 2 heterocycles. The molecule has 2 aromatic heterocycles. The summed E-state index contributed by atoms with van der Waals surface area (Å²) in [6, 6.07) is 11.1. The van der Waals surface area contributed by atoms with Crippen LogP contribution in [0.3, 0.4) is 0 Å². The smallest absolute Gasteiger partial charge is 0.327 e. The van der Waals surface area contributed by atoms with Crippen LogP contribution < -0.4 is 16.0 Å². The summed E-state index contributed by atoms with van der Waals surface area (Å²) < 4.78 is 0. The molecule has 0 unspecified atom stereocenters. The van der Waals surface area contributed by atoms with Crippen molar-refractivity contribution in [3.05, 3.63) is 48.3 Å². The fourth-order valence-corrected chi connectivity index (χ4v) is 2.73. The number of nitrogens with one attached hydrogen (secondary N) is 3. The Morgan fingerprint density at radius 3 is 2.61 bits per heavy atom. The van der Waals surface area contributed by atoms with E-state index in [-0.39, 0.29) is 5.95 Å². The van der Waals surface area contributed by atoms with Crippen LogP contribution in [-0.4, -0.2) is 53.1 Å². The normalized spacial score (nSPS) is 10.9. The molecule has 2 amide bonds. The van der Waals surface area contributed by atoms with Crippen molar-refractivity contribution in [1.82, 2.24) is 19.9 Å². The predicted molar refractivity (Wildman–Crippen MR) is 113 cm³/mol. The van der Waals surface area contributed by atoms with Gasteiger partial charge in [-0.3, -0.25) is 10.6 Å². The van der Waals surface area contributed by atoms with E-state index in [4.69, 9.17) is 0 Å². The van der Waals surface area contributed by atoms with E-state index in [2.05, 4.69) is 35.8 Å². The molecule has 8 nitrogen and oxygen atoms in total. The highest BCUT2D eigenvalue weighted by atomic mass is 16.2. The molecule has 8 heteroatoms. The van der Waals surface area contributed by atoms with Gasteiger partial charge in [0.05, 0.1) is 0 Å². The van der Waals surface area contributed by atoms with Gasteiger partial charge in [0.1, 0.15) is 11.6 Å². The number of rotatable bonds is 7. The van der Waals surface area contributed by atoms with E-state index in [0.29, 0.717) is 11.6 Å². The van der Waals surface area contributed by atoms with E-state index in [9.17, 15) is 4.79 Å². The second-order valence-electron chi connectivity index (χ2n) is 6.80. The van der Waals surface area contributed by atoms with Crippen molar-refractivity contribution < 1.29 is 4.79 Å². The molecular formula is C20H25N7O. The Balaban J connectivity index is 1.61. The van der Waals surface area contributed by atoms with Crippen molar-refractivity contribution in [2.45, 2.75) is 13.3 Å². The second kappa shape index (κ2) is 9.09. The van der Waals surface area contributed by atoms with Crippen molar-refractivity contribution in [3.8, 4) is 0 Å². The zero-order valence-electron chi connectivity index (χ0n) is 16.4. The number of anilines is 3. The zero-order valence-corrected chi connectivity index (χ0v) is 16.4. The number of amides is 2. The van der Waals surface area contributed by atoms with E-state index in [0.717, 1.165) is 36.0 Å². The summed E-state index contributed by atoms with van der Waals surface area (Å²) in [5.41, 5.74) is 0.768. The van der Waals surface area contributed by atoms with Crippen LogP contribution in [0.15, 0.2) is 42.6 Å². The van der Waals surface area contributed by atoms with Crippen LogP contribution in [0, 0.1) is 6.92 Å². The van der Waals surface area contributed by atoms with Gasteiger partial charge in [0, 0.05) is 29.9 Å². The quantitative estimate of drug-likeness (QED) is 0.545. The molecule has 3 aromatic rings. The Hall–Kier alpha value is -3.26. The Bertz CT molecular complexity index is 958. The zero-order chi connectivity index (χ0) is 19.9. The van der Waals surface area contributed by atoms with Crippen molar-refractivity contribution in [1.29, 1.82) is 0 Å². The van der Waals surface area contributed by atoms with Crippen molar-refractivity contribution in [2.75, 3.05) is 43.1 Å². The molecule has 0 fully saturated rings. The first-order chi connectivity index (χ1) is 13.5. The summed E-state index contributed by atoms with van der Waals surface area (Å²) in [7, 11) is 4.08. The van der Waals surface area contributed by atoms with Crippen LogP contribution in [-0.2, 0) is 0 Å². The standard InChI is InChI=1S/C20H25N7O/c1-14-11-17(21-9-6-10-27(2)3)24-19(23-14)26-20(28)25-18-12-15-7-4-5-8-16(15)13-22-18/h4-5,7-8,11-13H,6,9-10H2,1-3H3,(H3,21,22,23,24,25,26,28). The Labute approximate surface area is 164 Å². The third-order valence-corrected chi connectivity index (χ3v) is 4.04. The molecule has 3 N–H and O–H groups in total. The average Bonchev–Trinajstić information content (AvgIpc) is 2.64. The highest BCUT2D eigenvalue weighted by molar-refractivity contribution is 5.99. The molecule has 1 aromatic carbocycles. The molecule has 0 spiro atoms. The van der Waals surface area contributed by atoms with Gasteiger partial charge in [-0.2, -0.15) is 4.98 Å². The lowest BCUT2D eigenvalue weighted by Gasteiger charge is -2.12. The minimum Gasteiger partial charge on any atom is -0.370 e. The first-order valence-corrected chi connectivity index (χ1v) is 9.17. The third kappa shape index (κ3) is 5.62. The SMILES string of the molecule is Cc1cc(NCCCN(C)C)nc(NC(=O)Nc2cc3ccccc3cn2)n1. The summed E-state index contributed by atoms with van der Waals surface area (Å²) in [6.45, 7) is 3.64. The topological polar surface area (TPSA) is 95.1 Å².